The fraction of sp³-hybridized carbons (Fsp3) is 0.364. The van der Waals surface area contributed by atoms with Crippen LogP contribution in [0.25, 0.3) is 0 Å². The van der Waals surface area contributed by atoms with Gasteiger partial charge in [0.1, 0.15) is 6.04 Å². The lowest BCUT2D eigenvalue weighted by Gasteiger charge is -2.14. The Hall–Kier alpha value is -0.620. The first-order valence-electron chi connectivity index (χ1n) is 5.16. The number of benzene rings is 1. The summed E-state index contributed by atoms with van der Waals surface area (Å²) in [5.74, 6) is 0.0944. The Morgan fingerprint density at radius 2 is 2.11 bits per heavy atom. The van der Waals surface area contributed by atoms with E-state index < -0.39 is 12.0 Å². The van der Waals surface area contributed by atoms with Crippen LogP contribution < -0.4 is 10.1 Å². The van der Waals surface area contributed by atoms with Gasteiger partial charge >= 0.3 is 5.97 Å². The number of thioether (sulfide) groups is 1. The highest BCUT2D eigenvalue weighted by Gasteiger charge is 2.30. The van der Waals surface area contributed by atoms with Crippen LogP contribution in [0.3, 0.4) is 0 Å². The third-order valence-electron chi connectivity index (χ3n) is 2.61. The van der Waals surface area contributed by atoms with Crippen LogP contribution in [-0.4, -0.2) is 30.0 Å². The molecule has 0 aromatic heterocycles. The number of halogens is 2. The minimum Gasteiger partial charge on any atom is -0.494 e. The minimum absolute atomic E-state index is 0.119. The molecule has 2 rings (SSSR count). The highest BCUT2D eigenvalue weighted by Crippen LogP contribution is 2.40. The lowest BCUT2D eigenvalue weighted by atomic mass is 10.2. The molecule has 2 atom stereocenters. The summed E-state index contributed by atoms with van der Waals surface area (Å²) in [5, 5.41) is 12.6. The van der Waals surface area contributed by atoms with Crippen LogP contribution in [0.1, 0.15) is 10.9 Å². The van der Waals surface area contributed by atoms with Gasteiger partial charge in [-0.15, -0.1) is 11.8 Å². The smallest absolute Gasteiger partial charge is 0.321 e. The molecule has 1 aromatic rings. The molecule has 98 valence electrons. The van der Waals surface area contributed by atoms with Crippen molar-refractivity contribution >= 4 is 40.9 Å². The molecule has 1 heterocycles. The summed E-state index contributed by atoms with van der Waals surface area (Å²) in [4.78, 5) is 10.9. The van der Waals surface area contributed by atoms with Crippen molar-refractivity contribution in [2.45, 2.75) is 11.4 Å². The van der Waals surface area contributed by atoms with Gasteiger partial charge in [-0.3, -0.25) is 10.1 Å². The highest BCUT2D eigenvalue weighted by molar-refractivity contribution is 7.99. The van der Waals surface area contributed by atoms with Crippen LogP contribution in [0.2, 0.25) is 10.0 Å². The van der Waals surface area contributed by atoms with Gasteiger partial charge in [0, 0.05) is 5.75 Å². The maximum Gasteiger partial charge on any atom is 0.321 e. The van der Waals surface area contributed by atoms with E-state index in [9.17, 15) is 4.79 Å². The van der Waals surface area contributed by atoms with Crippen molar-refractivity contribution in [1.29, 1.82) is 0 Å². The highest BCUT2D eigenvalue weighted by atomic mass is 35.5. The van der Waals surface area contributed by atoms with Crippen LogP contribution in [0.4, 0.5) is 0 Å². The summed E-state index contributed by atoms with van der Waals surface area (Å²) < 4.78 is 5.07. The first-order chi connectivity index (χ1) is 8.52. The van der Waals surface area contributed by atoms with E-state index in [1.54, 1.807) is 12.1 Å². The Kier molecular flexibility index (Phi) is 4.27. The van der Waals surface area contributed by atoms with Crippen LogP contribution >= 0.6 is 35.0 Å². The summed E-state index contributed by atoms with van der Waals surface area (Å²) in [5.41, 5.74) is 0.847. The number of carboxylic acids is 1. The summed E-state index contributed by atoms with van der Waals surface area (Å²) in [6.07, 6.45) is 0. The maximum absolute atomic E-state index is 10.9. The number of ether oxygens (including phenoxy) is 1. The molecule has 1 aliphatic heterocycles. The third-order valence-corrected chi connectivity index (χ3v) is 4.44. The largest absolute Gasteiger partial charge is 0.494 e. The molecule has 2 unspecified atom stereocenters. The number of methoxy groups -OCH3 is 1. The van der Waals surface area contributed by atoms with Crippen LogP contribution in [0.15, 0.2) is 12.1 Å². The van der Waals surface area contributed by atoms with Crippen molar-refractivity contribution in [3.8, 4) is 5.75 Å². The average molecular weight is 308 g/mol. The normalized spacial score (nSPS) is 23.1. The van der Waals surface area contributed by atoms with E-state index in [4.69, 9.17) is 33.0 Å². The second kappa shape index (κ2) is 5.57. The number of aliphatic carboxylic acids is 1. The molecule has 0 bridgehead atoms. The second-order valence-corrected chi connectivity index (χ2v) is 5.74. The van der Waals surface area contributed by atoms with E-state index >= 15 is 0 Å². The molecule has 0 saturated carbocycles. The van der Waals surface area contributed by atoms with E-state index in [2.05, 4.69) is 5.32 Å². The summed E-state index contributed by atoms with van der Waals surface area (Å²) in [6, 6.07) is 2.93. The van der Waals surface area contributed by atoms with Crippen molar-refractivity contribution in [2.75, 3.05) is 12.9 Å². The minimum atomic E-state index is -0.851. The molecule has 18 heavy (non-hydrogen) atoms. The molecule has 1 aliphatic rings. The lowest BCUT2D eigenvalue weighted by Crippen LogP contribution is -2.33. The quantitative estimate of drug-likeness (QED) is 0.899. The van der Waals surface area contributed by atoms with Crippen LogP contribution in [0, 0.1) is 0 Å². The zero-order valence-electron chi connectivity index (χ0n) is 9.44. The summed E-state index contributed by atoms with van der Waals surface area (Å²) in [7, 11) is 1.50. The Labute approximate surface area is 119 Å². The van der Waals surface area contributed by atoms with Crippen LogP contribution in [-0.2, 0) is 4.79 Å². The van der Waals surface area contributed by atoms with Gasteiger partial charge in [-0.1, -0.05) is 23.2 Å². The molecule has 0 aliphatic carbocycles. The molecule has 1 aromatic carbocycles. The predicted molar refractivity (Wildman–Crippen MR) is 72.8 cm³/mol. The van der Waals surface area contributed by atoms with Crippen molar-refractivity contribution in [3.05, 3.63) is 27.7 Å². The van der Waals surface area contributed by atoms with Crippen molar-refractivity contribution in [1.82, 2.24) is 5.32 Å². The lowest BCUT2D eigenvalue weighted by molar-refractivity contribution is -0.138. The van der Waals surface area contributed by atoms with Gasteiger partial charge in [0.2, 0.25) is 0 Å². The standard InChI is InChI=1S/C11H11Cl2NO3S/c1-17-9-6(12)2-5(3-7(9)13)10-14-8(4-18-10)11(15)16/h2-3,8,10,14H,4H2,1H3,(H,15,16). The van der Waals surface area contributed by atoms with E-state index in [1.807, 2.05) is 0 Å². The molecule has 1 saturated heterocycles. The van der Waals surface area contributed by atoms with Gasteiger partial charge in [-0.2, -0.15) is 0 Å². The fourth-order valence-electron chi connectivity index (χ4n) is 1.73. The molecule has 0 radical (unpaired) electrons. The van der Waals surface area contributed by atoms with E-state index in [1.165, 1.54) is 18.9 Å². The van der Waals surface area contributed by atoms with Crippen molar-refractivity contribution in [2.24, 2.45) is 0 Å². The van der Waals surface area contributed by atoms with Gasteiger partial charge in [0.05, 0.1) is 22.5 Å². The Morgan fingerprint density at radius 1 is 1.50 bits per heavy atom. The molecular weight excluding hydrogens is 297 g/mol. The zero-order valence-corrected chi connectivity index (χ0v) is 11.8. The fourth-order valence-corrected chi connectivity index (χ4v) is 3.60. The third kappa shape index (κ3) is 2.69. The first kappa shape index (κ1) is 13.8. The molecule has 7 heteroatoms. The van der Waals surface area contributed by atoms with E-state index in [0.29, 0.717) is 21.5 Å². The molecular formula is C11H11Cl2NO3S. The predicted octanol–water partition coefficient (Wildman–Crippen LogP) is 2.79. The number of rotatable bonds is 3. The Bertz CT molecular complexity index is 460. The van der Waals surface area contributed by atoms with Gasteiger partial charge in [-0.05, 0) is 17.7 Å². The monoisotopic (exact) mass is 307 g/mol. The van der Waals surface area contributed by atoms with Crippen molar-refractivity contribution in [3.63, 3.8) is 0 Å². The molecule has 4 nitrogen and oxygen atoms in total. The molecule has 1 fully saturated rings. The Morgan fingerprint density at radius 3 is 2.56 bits per heavy atom. The first-order valence-corrected chi connectivity index (χ1v) is 6.96. The number of nitrogens with one attached hydrogen (secondary N) is 1. The van der Waals surface area contributed by atoms with E-state index in [0.717, 1.165) is 5.56 Å². The Balaban J connectivity index is 2.23. The number of hydrogen-bond donors (Lipinski definition) is 2. The maximum atomic E-state index is 10.9. The number of hydrogen-bond acceptors (Lipinski definition) is 4. The van der Waals surface area contributed by atoms with Gasteiger partial charge in [-0.25, -0.2) is 0 Å². The van der Waals surface area contributed by atoms with E-state index in [-0.39, 0.29) is 5.37 Å². The zero-order chi connectivity index (χ0) is 13.3. The average Bonchev–Trinajstić information content (AvgIpc) is 2.77. The summed E-state index contributed by atoms with van der Waals surface area (Å²) >= 11 is 13.6. The van der Waals surface area contributed by atoms with Gasteiger partial charge in [0.15, 0.2) is 5.75 Å². The number of carbonyl (C=O) groups is 1. The molecule has 0 amide bonds. The second-order valence-electron chi connectivity index (χ2n) is 3.79. The molecule has 0 spiro atoms. The van der Waals surface area contributed by atoms with Crippen molar-refractivity contribution < 1.29 is 14.6 Å². The SMILES string of the molecule is COc1c(Cl)cc(C2NC(C(=O)O)CS2)cc1Cl. The van der Waals surface area contributed by atoms with Gasteiger partial charge < -0.3 is 9.84 Å². The molecule has 2 N–H and O–H groups in total. The number of carboxylic acid groups (broad SMARTS) is 1. The topological polar surface area (TPSA) is 58.6 Å². The van der Waals surface area contributed by atoms with Gasteiger partial charge in [0.25, 0.3) is 0 Å². The van der Waals surface area contributed by atoms with Crippen LogP contribution in [0.5, 0.6) is 5.75 Å². The summed E-state index contributed by atoms with van der Waals surface area (Å²) in [6.45, 7) is 0.